The van der Waals surface area contributed by atoms with Crippen LogP contribution in [0.15, 0.2) is 0 Å². The highest BCUT2D eigenvalue weighted by Gasteiger charge is 2.21. The Balaban J connectivity index is 3.88. The lowest BCUT2D eigenvalue weighted by Crippen LogP contribution is -2.22. The third-order valence-electron chi connectivity index (χ3n) is 2.12. The summed E-state index contributed by atoms with van der Waals surface area (Å²) in [6, 6.07) is -0.331. The van der Waals surface area contributed by atoms with Crippen molar-refractivity contribution < 1.29 is 4.92 Å². The summed E-state index contributed by atoms with van der Waals surface area (Å²) in [6.45, 7) is 8.27. The highest BCUT2D eigenvalue weighted by molar-refractivity contribution is 4.61. The van der Waals surface area contributed by atoms with Crippen molar-refractivity contribution in [1.29, 1.82) is 0 Å². The minimum atomic E-state index is -0.331. The van der Waals surface area contributed by atoms with Gasteiger partial charge in [0.2, 0.25) is 6.04 Å². The molecule has 0 aliphatic rings. The first-order valence-electron chi connectivity index (χ1n) is 5.07. The second kappa shape index (κ2) is 5.95. The van der Waals surface area contributed by atoms with Crippen LogP contribution in [-0.4, -0.2) is 11.0 Å². The standard InChI is InChI=1S/C10H21NO2/c1-8(2)5-6-10(11(12)13)7-9(3)4/h8-10H,5-7H2,1-4H3. The van der Waals surface area contributed by atoms with Gasteiger partial charge in [0.25, 0.3) is 0 Å². The molecule has 0 spiro atoms. The van der Waals surface area contributed by atoms with Crippen LogP contribution in [0.5, 0.6) is 0 Å². The van der Waals surface area contributed by atoms with Gasteiger partial charge in [0.15, 0.2) is 0 Å². The Labute approximate surface area is 80.7 Å². The van der Waals surface area contributed by atoms with Crippen molar-refractivity contribution in [3.63, 3.8) is 0 Å². The van der Waals surface area contributed by atoms with Crippen LogP contribution >= 0.6 is 0 Å². The highest BCUT2D eigenvalue weighted by Crippen LogP contribution is 2.15. The van der Waals surface area contributed by atoms with E-state index in [4.69, 9.17) is 0 Å². The first kappa shape index (κ1) is 12.4. The van der Waals surface area contributed by atoms with Gasteiger partial charge >= 0.3 is 0 Å². The average Bonchev–Trinajstić information content (AvgIpc) is 1.96. The molecule has 3 nitrogen and oxygen atoms in total. The molecule has 0 saturated heterocycles. The Morgan fingerprint density at radius 1 is 1.08 bits per heavy atom. The number of nitro groups is 1. The lowest BCUT2D eigenvalue weighted by atomic mass is 9.97. The molecule has 0 amide bonds. The predicted octanol–water partition coefficient (Wildman–Crippen LogP) is 3.11. The Hall–Kier alpha value is -0.600. The molecule has 1 atom stereocenters. The highest BCUT2D eigenvalue weighted by atomic mass is 16.6. The van der Waals surface area contributed by atoms with E-state index in [2.05, 4.69) is 13.8 Å². The molecule has 0 aliphatic heterocycles. The maximum atomic E-state index is 10.7. The van der Waals surface area contributed by atoms with Crippen LogP contribution in [-0.2, 0) is 0 Å². The molecule has 0 aliphatic carbocycles. The Kier molecular flexibility index (Phi) is 5.67. The van der Waals surface area contributed by atoms with Crippen LogP contribution in [0.3, 0.4) is 0 Å². The summed E-state index contributed by atoms with van der Waals surface area (Å²) < 4.78 is 0. The third-order valence-corrected chi connectivity index (χ3v) is 2.12. The lowest BCUT2D eigenvalue weighted by molar-refractivity contribution is -0.525. The van der Waals surface area contributed by atoms with Gasteiger partial charge < -0.3 is 0 Å². The van der Waals surface area contributed by atoms with Gasteiger partial charge in [0.05, 0.1) is 0 Å². The lowest BCUT2D eigenvalue weighted by Gasteiger charge is -2.12. The molecular formula is C10H21NO2. The fraction of sp³-hybridized carbons (Fsp3) is 1.00. The van der Waals surface area contributed by atoms with E-state index in [9.17, 15) is 10.1 Å². The zero-order valence-electron chi connectivity index (χ0n) is 9.12. The van der Waals surface area contributed by atoms with Gasteiger partial charge in [-0.3, -0.25) is 10.1 Å². The van der Waals surface area contributed by atoms with Crippen LogP contribution in [0.1, 0.15) is 47.0 Å². The smallest absolute Gasteiger partial charge is 0.213 e. The number of nitrogens with zero attached hydrogens (tertiary/aromatic N) is 1. The molecule has 0 rings (SSSR count). The molecule has 0 radical (unpaired) electrons. The molecule has 1 unspecified atom stereocenters. The van der Waals surface area contributed by atoms with E-state index in [1.807, 2.05) is 13.8 Å². The van der Waals surface area contributed by atoms with Crippen LogP contribution in [0.25, 0.3) is 0 Å². The van der Waals surface area contributed by atoms with Crippen LogP contribution in [0.4, 0.5) is 0 Å². The van der Waals surface area contributed by atoms with Gasteiger partial charge in [0.1, 0.15) is 0 Å². The van der Waals surface area contributed by atoms with Gasteiger partial charge in [0, 0.05) is 17.8 Å². The van der Waals surface area contributed by atoms with E-state index >= 15 is 0 Å². The predicted molar refractivity (Wildman–Crippen MR) is 54.3 cm³/mol. The minimum absolute atomic E-state index is 0.123. The SMILES string of the molecule is CC(C)CCC(CC(C)C)[N+](=O)[O-]. The van der Waals surface area contributed by atoms with Crippen molar-refractivity contribution in [2.75, 3.05) is 0 Å². The Morgan fingerprint density at radius 3 is 1.92 bits per heavy atom. The summed E-state index contributed by atoms with van der Waals surface area (Å²) in [7, 11) is 0. The van der Waals surface area contributed by atoms with E-state index in [0.29, 0.717) is 18.3 Å². The van der Waals surface area contributed by atoms with Gasteiger partial charge in [-0.1, -0.05) is 27.7 Å². The minimum Gasteiger partial charge on any atom is -0.264 e. The van der Waals surface area contributed by atoms with Crippen LogP contribution < -0.4 is 0 Å². The molecular weight excluding hydrogens is 166 g/mol. The molecule has 3 heteroatoms. The summed E-state index contributed by atoms with van der Waals surface area (Å²) in [6.07, 6.45) is 2.39. The molecule has 0 saturated carbocycles. The number of hydrogen-bond donors (Lipinski definition) is 0. The van der Waals surface area contributed by atoms with Crippen molar-refractivity contribution >= 4 is 0 Å². The average molecular weight is 187 g/mol. The molecule has 0 aromatic heterocycles. The maximum absolute atomic E-state index is 10.7. The zero-order chi connectivity index (χ0) is 10.4. The fourth-order valence-corrected chi connectivity index (χ4v) is 1.38. The van der Waals surface area contributed by atoms with Crippen molar-refractivity contribution in [3.8, 4) is 0 Å². The Morgan fingerprint density at radius 2 is 1.62 bits per heavy atom. The first-order valence-corrected chi connectivity index (χ1v) is 5.07. The van der Waals surface area contributed by atoms with E-state index < -0.39 is 0 Å². The quantitative estimate of drug-likeness (QED) is 0.473. The van der Waals surface area contributed by atoms with Crippen molar-refractivity contribution in [1.82, 2.24) is 0 Å². The fourth-order valence-electron chi connectivity index (χ4n) is 1.38. The number of rotatable bonds is 6. The number of hydrogen-bond acceptors (Lipinski definition) is 2. The molecule has 0 aromatic carbocycles. The summed E-state index contributed by atoms with van der Waals surface area (Å²) >= 11 is 0. The summed E-state index contributed by atoms with van der Waals surface area (Å²) in [5.74, 6) is 0.983. The maximum Gasteiger partial charge on any atom is 0.213 e. The van der Waals surface area contributed by atoms with E-state index in [-0.39, 0.29) is 11.0 Å². The Bertz CT molecular complexity index is 155. The van der Waals surface area contributed by atoms with Crippen molar-refractivity contribution in [3.05, 3.63) is 10.1 Å². The topological polar surface area (TPSA) is 43.1 Å². The van der Waals surface area contributed by atoms with E-state index in [0.717, 1.165) is 12.8 Å². The monoisotopic (exact) mass is 187 g/mol. The first-order chi connectivity index (χ1) is 5.93. The molecule has 0 heterocycles. The van der Waals surface area contributed by atoms with Gasteiger partial charge in [-0.2, -0.15) is 0 Å². The normalized spacial score (nSPS) is 13.7. The molecule has 78 valence electrons. The van der Waals surface area contributed by atoms with Gasteiger partial charge in [-0.15, -0.1) is 0 Å². The van der Waals surface area contributed by atoms with E-state index in [1.54, 1.807) is 0 Å². The molecule has 13 heavy (non-hydrogen) atoms. The molecule has 0 aromatic rings. The molecule has 0 fully saturated rings. The second-order valence-corrected chi connectivity index (χ2v) is 4.54. The summed E-state index contributed by atoms with van der Waals surface area (Å²) in [4.78, 5) is 10.5. The van der Waals surface area contributed by atoms with E-state index in [1.165, 1.54) is 0 Å². The third kappa shape index (κ3) is 6.55. The van der Waals surface area contributed by atoms with Gasteiger partial charge in [-0.25, -0.2) is 0 Å². The van der Waals surface area contributed by atoms with Crippen LogP contribution in [0.2, 0.25) is 0 Å². The summed E-state index contributed by atoms with van der Waals surface area (Å²) in [5, 5.41) is 10.7. The summed E-state index contributed by atoms with van der Waals surface area (Å²) in [5.41, 5.74) is 0. The van der Waals surface area contributed by atoms with Gasteiger partial charge in [-0.05, 0) is 18.3 Å². The van der Waals surface area contributed by atoms with Crippen molar-refractivity contribution in [2.24, 2.45) is 11.8 Å². The van der Waals surface area contributed by atoms with Crippen molar-refractivity contribution in [2.45, 2.75) is 53.0 Å². The molecule has 0 N–H and O–H groups in total. The zero-order valence-corrected chi connectivity index (χ0v) is 9.12. The van der Waals surface area contributed by atoms with Crippen LogP contribution in [0, 0.1) is 22.0 Å². The second-order valence-electron chi connectivity index (χ2n) is 4.54. The largest absolute Gasteiger partial charge is 0.264 e. The molecule has 0 bridgehead atoms.